The molecule has 0 fully saturated rings. The Kier molecular flexibility index (Phi) is 2.97. The molecule has 2 N–H and O–H groups in total. The van der Waals surface area contributed by atoms with Crippen molar-refractivity contribution in [3.05, 3.63) is 11.8 Å². The van der Waals surface area contributed by atoms with Gasteiger partial charge in [-0.05, 0) is 6.07 Å². The quantitative estimate of drug-likeness (QED) is 0.794. The van der Waals surface area contributed by atoms with Crippen LogP contribution in [0, 0.1) is 0 Å². The Hall–Kier alpha value is -2.44. The second kappa shape index (κ2) is 4.44. The highest BCUT2D eigenvalue weighted by molar-refractivity contribution is 5.99. The highest BCUT2D eigenvalue weighted by Crippen LogP contribution is 2.37. The summed E-state index contributed by atoms with van der Waals surface area (Å²) in [6, 6.07) is 1.49. The van der Waals surface area contributed by atoms with Crippen LogP contribution in [0.4, 0.5) is 0 Å². The average molecular weight is 252 g/mol. The van der Waals surface area contributed by atoms with E-state index in [1.165, 1.54) is 27.4 Å². The topological polar surface area (TPSA) is 93.7 Å². The first-order chi connectivity index (χ1) is 8.62. The highest BCUT2D eigenvalue weighted by atomic mass is 16.5. The summed E-state index contributed by atoms with van der Waals surface area (Å²) in [6.45, 7) is 0. The SMILES string of the molecule is COC(=O)c1cc2c(OC)nc(OC)c(O)c2[nH]1. The van der Waals surface area contributed by atoms with Crippen molar-refractivity contribution in [2.24, 2.45) is 0 Å². The molecule has 0 unspecified atom stereocenters. The summed E-state index contributed by atoms with van der Waals surface area (Å²) in [5.41, 5.74) is 0.496. The summed E-state index contributed by atoms with van der Waals surface area (Å²) in [6.07, 6.45) is 0. The van der Waals surface area contributed by atoms with Crippen molar-refractivity contribution in [1.29, 1.82) is 0 Å². The number of rotatable bonds is 3. The second-order valence-corrected chi connectivity index (χ2v) is 3.44. The number of methoxy groups -OCH3 is 3. The van der Waals surface area contributed by atoms with Crippen LogP contribution >= 0.6 is 0 Å². The number of ether oxygens (including phenoxy) is 3. The van der Waals surface area contributed by atoms with E-state index in [9.17, 15) is 9.90 Å². The first kappa shape index (κ1) is 12.0. The number of hydrogen-bond donors (Lipinski definition) is 2. The van der Waals surface area contributed by atoms with Crippen molar-refractivity contribution < 1.29 is 24.1 Å². The van der Waals surface area contributed by atoms with Gasteiger partial charge in [0.15, 0.2) is 0 Å². The van der Waals surface area contributed by atoms with Gasteiger partial charge >= 0.3 is 5.97 Å². The number of aromatic hydroxyl groups is 1. The van der Waals surface area contributed by atoms with E-state index in [1.54, 1.807) is 0 Å². The third kappa shape index (κ3) is 1.69. The van der Waals surface area contributed by atoms with Crippen LogP contribution in [0.3, 0.4) is 0 Å². The largest absolute Gasteiger partial charge is 0.502 e. The minimum atomic E-state index is -0.549. The molecule has 0 radical (unpaired) electrons. The van der Waals surface area contributed by atoms with E-state index >= 15 is 0 Å². The van der Waals surface area contributed by atoms with Crippen LogP contribution in [0.15, 0.2) is 6.07 Å². The first-order valence-electron chi connectivity index (χ1n) is 5.04. The van der Waals surface area contributed by atoms with Crippen molar-refractivity contribution in [3.63, 3.8) is 0 Å². The molecule has 2 heterocycles. The number of nitrogens with one attached hydrogen (secondary N) is 1. The molecule has 0 aliphatic carbocycles. The Morgan fingerprint density at radius 2 is 1.94 bits per heavy atom. The number of carbonyl (C=O) groups excluding carboxylic acids is 1. The Balaban J connectivity index is 2.73. The Bertz CT molecular complexity index is 605. The molecular formula is C11H12N2O5. The number of aromatic amines is 1. The zero-order valence-corrected chi connectivity index (χ0v) is 10.1. The van der Waals surface area contributed by atoms with Crippen molar-refractivity contribution in [1.82, 2.24) is 9.97 Å². The summed E-state index contributed by atoms with van der Waals surface area (Å²) in [5.74, 6) is -0.487. The molecule has 0 bridgehead atoms. The summed E-state index contributed by atoms with van der Waals surface area (Å²) in [7, 11) is 4.07. The fraction of sp³-hybridized carbons (Fsp3) is 0.273. The molecule has 0 aromatic carbocycles. The zero-order chi connectivity index (χ0) is 13.3. The average Bonchev–Trinajstić information content (AvgIpc) is 2.84. The van der Waals surface area contributed by atoms with Crippen molar-refractivity contribution >= 4 is 16.9 Å². The lowest BCUT2D eigenvalue weighted by molar-refractivity contribution is 0.0595. The lowest BCUT2D eigenvalue weighted by atomic mass is 10.3. The van der Waals surface area contributed by atoms with Crippen molar-refractivity contribution in [3.8, 4) is 17.5 Å². The normalized spacial score (nSPS) is 10.4. The predicted molar refractivity (Wildman–Crippen MR) is 62.2 cm³/mol. The lowest BCUT2D eigenvalue weighted by Gasteiger charge is -2.06. The van der Waals surface area contributed by atoms with Crippen molar-refractivity contribution in [2.45, 2.75) is 0 Å². The second-order valence-electron chi connectivity index (χ2n) is 3.44. The first-order valence-corrected chi connectivity index (χ1v) is 5.04. The van der Waals surface area contributed by atoms with Gasteiger partial charge in [0.2, 0.25) is 11.6 Å². The van der Waals surface area contributed by atoms with Crippen LogP contribution in [-0.2, 0) is 4.74 Å². The molecule has 2 aromatic rings. The van der Waals surface area contributed by atoms with E-state index < -0.39 is 5.97 Å². The number of H-pyrrole nitrogens is 1. The van der Waals surface area contributed by atoms with E-state index in [0.717, 1.165) is 0 Å². The Labute approximate surface area is 102 Å². The molecule has 18 heavy (non-hydrogen) atoms. The highest BCUT2D eigenvalue weighted by Gasteiger charge is 2.19. The fourth-order valence-electron chi connectivity index (χ4n) is 1.64. The van der Waals surface area contributed by atoms with Crippen LogP contribution in [0.25, 0.3) is 10.9 Å². The van der Waals surface area contributed by atoms with Crippen LogP contribution in [-0.4, -0.2) is 42.4 Å². The zero-order valence-electron chi connectivity index (χ0n) is 10.1. The van der Waals surface area contributed by atoms with Gasteiger partial charge in [0.25, 0.3) is 5.88 Å². The van der Waals surface area contributed by atoms with Gasteiger partial charge < -0.3 is 24.3 Å². The number of esters is 1. The number of nitrogens with zero attached hydrogens (tertiary/aromatic N) is 1. The molecule has 0 saturated heterocycles. The lowest BCUT2D eigenvalue weighted by Crippen LogP contribution is -2.00. The summed E-state index contributed by atoms with van der Waals surface area (Å²) >= 11 is 0. The molecule has 2 aromatic heterocycles. The minimum absolute atomic E-state index is 0.0117. The van der Waals surface area contributed by atoms with Crippen LogP contribution in [0.1, 0.15) is 10.5 Å². The molecule has 0 spiro atoms. The van der Waals surface area contributed by atoms with Gasteiger partial charge in [-0.2, -0.15) is 4.98 Å². The summed E-state index contributed by atoms with van der Waals surface area (Å²) in [5, 5.41) is 10.4. The minimum Gasteiger partial charge on any atom is -0.502 e. The third-order valence-electron chi connectivity index (χ3n) is 2.48. The van der Waals surface area contributed by atoms with Gasteiger partial charge in [-0.3, -0.25) is 0 Å². The molecule has 7 nitrogen and oxygen atoms in total. The van der Waals surface area contributed by atoms with Crippen LogP contribution in [0.2, 0.25) is 0 Å². The van der Waals surface area contributed by atoms with Crippen LogP contribution < -0.4 is 9.47 Å². The van der Waals surface area contributed by atoms with Gasteiger partial charge in [0, 0.05) is 0 Å². The van der Waals surface area contributed by atoms with E-state index in [0.29, 0.717) is 10.9 Å². The van der Waals surface area contributed by atoms with Gasteiger partial charge in [0.05, 0.1) is 32.2 Å². The van der Waals surface area contributed by atoms with Gasteiger partial charge in [-0.15, -0.1) is 0 Å². The number of pyridine rings is 1. The molecule has 96 valence electrons. The number of fused-ring (bicyclic) bond motifs is 1. The van der Waals surface area contributed by atoms with E-state index in [1.807, 2.05) is 0 Å². The molecule has 0 aliphatic heterocycles. The maximum absolute atomic E-state index is 11.4. The Morgan fingerprint density at radius 1 is 1.28 bits per heavy atom. The van der Waals surface area contributed by atoms with Crippen LogP contribution in [0.5, 0.6) is 17.5 Å². The standard InChI is InChI=1S/C11H12N2O5/c1-16-9-5-4-6(11(15)18-3)12-7(5)8(14)10(13-9)17-2/h4,12,14H,1-3H3. The Morgan fingerprint density at radius 3 is 2.50 bits per heavy atom. The van der Waals surface area contributed by atoms with Gasteiger partial charge in [-0.1, -0.05) is 0 Å². The smallest absolute Gasteiger partial charge is 0.354 e. The third-order valence-corrected chi connectivity index (χ3v) is 2.48. The molecule has 0 aliphatic rings. The maximum atomic E-state index is 11.4. The van der Waals surface area contributed by atoms with E-state index in [4.69, 9.17) is 9.47 Å². The van der Waals surface area contributed by atoms with Gasteiger partial charge in [-0.25, -0.2) is 4.79 Å². The molecular weight excluding hydrogens is 240 g/mol. The molecule has 0 atom stereocenters. The number of aromatic nitrogens is 2. The van der Waals surface area contributed by atoms with Crippen molar-refractivity contribution in [2.75, 3.05) is 21.3 Å². The monoisotopic (exact) mass is 252 g/mol. The molecule has 2 rings (SSSR count). The van der Waals surface area contributed by atoms with E-state index in [-0.39, 0.29) is 23.2 Å². The summed E-state index contributed by atoms with van der Waals surface area (Å²) < 4.78 is 14.6. The fourth-order valence-corrected chi connectivity index (χ4v) is 1.64. The number of hydrogen-bond acceptors (Lipinski definition) is 6. The van der Waals surface area contributed by atoms with Gasteiger partial charge in [0.1, 0.15) is 5.69 Å². The molecule has 7 heteroatoms. The maximum Gasteiger partial charge on any atom is 0.354 e. The predicted octanol–water partition coefficient (Wildman–Crippen LogP) is 1.07. The van der Waals surface area contributed by atoms with E-state index in [2.05, 4.69) is 14.7 Å². The molecule has 0 saturated carbocycles. The summed E-state index contributed by atoms with van der Waals surface area (Å²) in [4.78, 5) is 18.1. The molecule has 0 amide bonds. The number of carbonyl (C=O) groups is 1.